The first-order valence-corrected chi connectivity index (χ1v) is 30.1. The third-order valence-corrected chi connectivity index (χ3v) is 12.3. The van der Waals surface area contributed by atoms with E-state index in [1.54, 1.807) is 0 Å². The molecule has 0 aromatic carbocycles. The number of carbonyl (C=O) groups is 4. The van der Waals surface area contributed by atoms with E-state index >= 15 is 0 Å². The minimum atomic E-state index is -1.94. The zero-order valence-electron chi connectivity index (χ0n) is 49.4. The van der Waals surface area contributed by atoms with Crippen LogP contribution in [0.25, 0.3) is 0 Å². The van der Waals surface area contributed by atoms with Gasteiger partial charge in [0, 0.05) is 19.3 Å². The van der Waals surface area contributed by atoms with Crippen molar-refractivity contribution in [2.45, 2.75) is 225 Å². The van der Waals surface area contributed by atoms with Gasteiger partial charge in [-0.2, -0.15) is 0 Å². The van der Waals surface area contributed by atoms with Crippen molar-refractivity contribution in [1.82, 2.24) is 0 Å². The molecule has 0 aromatic heterocycles. The molecule has 12 nitrogen and oxygen atoms in total. The molecule has 6 atom stereocenters. The normalized spacial score (nSPS) is 19.0. The Morgan fingerprint density at radius 1 is 0.407 bits per heavy atom. The summed E-state index contributed by atoms with van der Waals surface area (Å²) in [6.07, 6.45) is 69.0. The third kappa shape index (κ3) is 44.4. The molecule has 0 saturated carbocycles. The number of hydrogen-bond donors (Lipinski definition) is 3. The highest BCUT2D eigenvalue weighted by Crippen LogP contribution is 2.26. The van der Waals surface area contributed by atoms with Gasteiger partial charge in [0.2, 0.25) is 0 Å². The topological polar surface area (TPSA) is 175 Å². The van der Waals surface area contributed by atoms with Crippen molar-refractivity contribution in [2.24, 2.45) is 0 Å². The average molecular weight is 1120 g/mol. The molecule has 0 aromatic rings. The molecule has 0 radical (unpaired) electrons. The Morgan fingerprint density at radius 3 is 1.16 bits per heavy atom. The predicted molar refractivity (Wildman–Crippen MR) is 330 cm³/mol. The third-order valence-electron chi connectivity index (χ3n) is 12.3. The van der Waals surface area contributed by atoms with Crippen LogP contribution in [0.1, 0.15) is 188 Å². The summed E-state index contributed by atoms with van der Waals surface area (Å²) in [6.45, 7) is 5.54. The molecule has 1 aliphatic rings. The van der Waals surface area contributed by atoms with Gasteiger partial charge in [-0.05, 0) is 141 Å². The first-order chi connectivity index (χ1) is 39.6. The molecule has 1 heterocycles. The van der Waals surface area contributed by atoms with E-state index in [1.165, 1.54) is 0 Å². The largest absolute Gasteiger partial charge is 0.479 e. The minimum absolute atomic E-state index is 0.0371. The average Bonchev–Trinajstić information content (AvgIpc) is 3.53. The summed E-state index contributed by atoms with van der Waals surface area (Å²) in [4.78, 5) is 51.2. The lowest BCUT2D eigenvalue weighted by atomic mass is 9.98. The van der Waals surface area contributed by atoms with E-state index in [0.717, 1.165) is 122 Å². The van der Waals surface area contributed by atoms with Crippen molar-refractivity contribution in [3.05, 3.63) is 170 Å². The molecule has 0 spiro atoms. The van der Waals surface area contributed by atoms with Crippen molar-refractivity contribution in [3.8, 4) is 0 Å². The van der Waals surface area contributed by atoms with E-state index in [-0.39, 0.29) is 25.9 Å². The van der Waals surface area contributed by atoms with Gasteiger partial charge < -0.3 is 39.0 Å². The molecule has 1 saturated heterocycles. The van der Waals surface area contributed by atoms with E-state index in [0.29, 0.717) is 25.7 Å². The molecule has 450 valence electrons. The van der Waals surface area contributed by atoms with Crippen molar-refractivity contribution in [2.75, 3.05) is 13.2 Å². The number of unbranched alkanes of at least 4 members (excludes halogenated alkanes) is 6. The van der Waals surface area contributed by atoms with E-state index in [4.69, 9.17) is 23.7 Å². The van der Waals surface area contributed by atoms with Crippen LogP contribution in [0.2, 0.25) is 0 Å². The molecule has 1 fully saturated rings. The summed E-state index contributed by atoms with van der Waals surface area (Å²) < 4.78 is 28.3. The maximum Gasteiger partial charge on any atom is 0.335 e. The second kappa shape index (κ2) is 54.7. The van der Waals surface area contributed by atoms with Crippen molar-refractivity contribution < 1.29 is 58.2 Å². The van der Waals surface area contributed by atoms with Gasteiger partial charge in [-0.25, -0.2) is 4.79 Å². The predicted octanol–water partition coefficient (Wildman–Crippen LogP) is 15.9. The standard InChI is InChI=1S/C69H102O12/c1-4-7-10-13-16-19-22-25-28-30-31-33-35-37-40-43-46-49-52-55-61(70)77-58-60(79-62(71)56-53-50-47-44-41-38-34-27-24-21-18-15-12-9-6-3)59-78-69-67(65(74)64(73)66(81-69)68(75)76)80-63(72)57-54-51-48-45-42-39-36-32-29-26-23-20-17-14-11-8-5-2/h7-12,16-21,25-29,31,33-34,36-37,39-41,44-45,48,60,64-67,69,73-74H,4-6,13-15,22-24,30,32,35,38,42-43,46-47,49-59H2,1-3H3,(H,75,76)/b10-7-,11-8-,12-9-,19-16-,20-17-,21-18-,28-25-,29-26-,33-31-,34-27-,39-36-,40-37-,44-41-,48-45-. The molecule has 0 amide bonds. The number of ether oxygens (including phenoxy) is 5. The Kier molecular flexibility index (Phi) is 49.3. The van der Waals surface area contributed by atoms with Gasteiger partial charge in [0.1, 0.15) is 18.8 Å². The summed E-state index contributed by atoms with van der Waals surface area (Å²) in [5, 5.41) is 31.5. The number of rotatable bonds is 48. The summed E-state index contributed by atoms with van der Waals surface area (Å²) in [7, 11) is 0. The lowest BCUT2D eigenvalue weighted by molar-refractivity contribution is -0.301. The quantitative estimate of drug-likeness (QED) is 0.0228. The van der Waals surface area contributed by atoms with Gasteiger partial charge in [0.05, 0.1) is 6.61 Å². The number of carbonyl (C=O) groups excluding carboxylic acids is 3. The van der Waals surface area contributed by atoms with Gasteiger partial charge in [-0.1, -0.05) is 197 Å². The van der Waals surface area contributed by atoms with E-state index in [1.807, 2.05) is 12.2 Å². The first kappa shape index (κ1) is 73.1. The van der Waals surface area contributed by atoms with Gasteiger partial charge in [-0.15, -0.1) is 0 Å². The minimum Gasteiger partial charge on any atom is -0.479 e. The van der Waals surface area contributed by atoms with E-state index < -0.39 is 67.3 Å². The van der Waals surface area contributed by atoms with Crippen LogP contribution in [0.4, 0.5) is 0 Å². The number of carboxylic acid groups (broad SMARTS) is 1. The Hall–Kier alpha value is -5.92. The van der Waals surface area contributed by atoms with Crippen LogP contribution >= 0.6 is 0 Å². The molecular formula is C69H102O12. The van der Waals surface area contributed by atoms with Crippen molar-refractivity contribution in [3.63, 3.8) is 0 Å². The molecule has 6 unspecified atom stereocenters. The second-order valence-electron chi connectivity index (χ2n) is 19.5. The van der Waals surface area contributed by atoms with Gasteiger partial charge >= 0.3 is 23.9 Å². The van der Waals surface area contributed by atoms with Crippen LogP contribution in [0, 0.1) is 0 Å². The van der Waals surface area contributed by atoms with E-state index in [2.05, 4.69) is 179 Å². The summed E-state index contributed by atoms with van der Waals surface area (Å²) in [5.74, 6) is -3.33. The van der Waals surface area contributed by atoms with Gasteiger partial charge in [-0.3, -0.25) is 14.4 Å². The zero-order chi connectivity index (χ0) is 58.9. The number of aliphatic hydroxyl groups is 2. The molecule has 1 aliphatic heterocycles. The highest BCUT2D eigenvalue weighted by atomic mass is 16.7. The monoisotopic (exact) mass is 1120 g/mol. The molecule has 3 N–H and O–H groups in total. The highest BCUT2D eigenvalue weighted by molar-refractivity contribution is 5.74. The number of aliphatic hydroxyl groups excluding tert-OH is 2. The van der Waals surface area contributed by atoms with Crippen LogP contribution in [0.3, 0.4) is 0 Å². The number of aliphatic carboxylic acids is 1. The van der Waals surface area contributed by atoms with Crippen LogP contribution in [-0.4, -0.2) is 89.2 Å². The van der Waals surface area contributed by atoms with Gasteiger partial charge in [0.25, 0.3) is 0 Å². The fourth-order valence-electron chi connectivity index (χ4n) is 7.77. The molecule has 1 rings (SSSR count). The van der Waals surface area contributed by atoms with Crippen LogP contribution in [-0.2, 0) is 42.9 Å². The van der Waals surface area contributed by atoms with Crippen LogP contribution < -0.4 is 0 Å². The molecular weight excluding hydrogens is 1020 g/mol. The summed E-state index contributed by atoms with van der Waals surface area (Å²) in [6, 6.07) is 0. The lowest BCUT2D eigenvalue weighted by Crippen LogP contribution is -2.61. The smallest absolute Gasteiger partial charge is 0.335 e. The Labute approximate surface area is 487 Å². The number of esters is 3. The van der Waals surface area contributed by atoms with E-state index in [9.17, 15) is 34.5 Å². The molecule has 0 bridgehead atoms. The lowest BCUT2D eigenvalue weighted by Gasteiger charge is -2.40. The van der Waals surface area contributed by atoms with Crippen molar-refractivity contribution >= 4 is 23.9 Å². The summed E-state index contributed by atoms with van der Waals surface area (Å²) >= 11 is 0. The zero-order valence-corrected chi connectivity index (χ0v) is 49.4. The Balaban J connectivity index is 2.78. The molecule has 12 heteroatoms. The van der Waals surface area contributed by atoms with Gasteiger partial charge in [0.15, 0.2) is 24.6 Å². The Morgan fingerprint density at radius 2 is 0.753 bits per heavy atom. The van der Waals surface area contributed by atoms with Crippen LogP contribution in [0.15, 0.2) is 170 Å². The maximum atomic E-state index is 13.1. The van der Waals surface area contributed by atoms with Crippen molar-refractivity contribution in [1.29, 1.82) is 0 Å². The number of carboxylic acids is 1. The molecule has 81 heavy (non-hydrogen) atoms. The second-order valence-corrected chi connectivity index (χ2v) is 19.5. The molecule has 0 aliphatic carbocycles. The Bertz CT molecular complexity index is 2060. The maximum absolute atomic E-state index is 13.1. The highest BCUT2D eigenvalue weighted by Gasteiger charge is 2.50. The number of hydrogen-bond acceptors (Lipinski definition) is 11. The SMILES string of the molecule is CC/C=C\C/C=C\C/C=C\C/C=C\C/C=C\CCCCCC(=O)OCC(COC1OC(C(=O)O)C(O)C(O)C1OC(=O)CCC/C=C\C/C=C\C/C=C\C/C=C\C/C=C\CC)OC(=O)CCCC/C=C\C/C=C\C/C=C\C/C=C\CC. The fourth-order valence-corrected chi connectivity index (χ4v) is 7.77. The number of allylic oxidation sites excluding steroid dienone is 28. The summed E-state index contributed by atoms with van der Waals surface area (Å²) in [5.41, 5.74) is 0. The first-order valence-electron chi connectivity index (χ1n) is 30.1. The fraction of sp³-hybridized carbons (Fsp3) is 0.536. The van der Waals surface area contributed by atoms with Crippen LogP contribution in [0.5, 0.6) is 0 Å².